The number of ether oxygens (including phenoxy) is 2. The average Bonchev–Trinajstić information content (AvgIpc) is 2.86. The Balaban J connectivity index is 1.81. The molecule has 14 heavy (non-hydrogen) atoms. The van der Waals surface area contributed by atoms with E-state index in [1.807, 2.05) is 0 Å². The summed E-state index contributed by atoms with van der Waals surface area (Å²) in [7, 11) is -0.854. The van der Waals surface area contributed by atoms with E-state index >= 15 is 0 Å². The largest absolute Gasteiger partial charge is 0.418 e. The first-order valence-corrected chi connectivity index (χ1v) is 8.31. The van der Waals surface area contributed by atoms with Crippen molar-refractivity contribution in [1.29, 1.82) is 0 Å². The van der Waals surface area contributed by atoms with E-state index in [4.69, 9.17) is 13.9 Å². The molecule has 3 nitrogen and oxygen atoms in total. The Kier molecular flexibility index (Phi) is 5.70. The quantitative estimate of drug-likeness (QED) is 0.352. The molecular weight excluding hydrogens is 196 g/mol. The molecule has 2 unspecified atom stereocenters. The van der Waals surface area contributed by atoms with Gasteiger partial charge < -0.3 is 13.9 Å². The minimum atomic E-state index is -0.854. The Hall–Kier alpha value is 0.0969. The molecule has 0 radical (unpaired) electrons. The van der Waals surface area contributed by atoms with Crippen LogP contribution in [-0.2, 0) is 13.9 Å². The molecule has 0 amide bonds. The van der Waals surface area contributed by atoms with E-state index in [0.717, 1.165) is 32.7 Å². The zero-order valence-electron chi connectivity index (χ0n) is 9.49. The molecule has 1 fully saturated rings. The molecule has 0 spiro atoms. The van der Waals surface area contributed by atoms with Gasteiger partial charge in [0.05, 0.1) is 13.2 Å². The van der Waals surface area contributed by atoms with Crippen LogP contribution in [0.25, 0.3) is 0 Å². The molecule has 84 valence electrons. The van der Waals surface area contributed by atoms with Crippen LogP contribution in [0.3, 0.4) is 0 Å². The molecule has 0 aromatic heterocycles. The molecule has 1 aliphatic heterocycles. The zero-order chi connectivity index (χ0) is 10.4. The highest BCUT2D eigenvalue weighted by Crippen LogP contribution is 2.09. The maximum absolute atomic E-state index is 5.75. The molecule has 0 bridgehead atoms. The van der Waals surface area contributed by atoms with Crippen molar-refractivity contribution < 1.29 is 13.9 Å². The lowest BCUT2D eigenvalue weighted by Crippen LogP contribution is -2.18. The topological polar surface area (TPSA) is 31.0 Å². The standard InChI is InChI=1S/C10H22O3Si/c1-9(13-14(2)3)5-4-6-11-7-10-8-12-10/h9-10,14H,4-8H2,1-3H3. The number of hydrogen-bond acceptors (Lipinski definition) is 3. The van der Waals surface area contributed by atoms with Crippen LogP contribution in [0, 0.1) is 0 Å². The van der Waals surface area contributed by atoms with Crippen molar-refractivity contribution in [2.24, 2.45) is 0 Å². The van der Waals surface area contributed by atoms with Gasteiger partial charge in [-0.2, -0.15) is 0 Å². The van der Waals surface area contributed by atoms with E-state index in [-0.39, 0.29) is 0 Å². The Bertz CT molecular complexity index is 148. The van der Waals surface area contributed by atoms with Gasteiger partial charge in [-0.15, -0.1) is 0 Å². The van der Waals surface area contributed by atoms with E-state index in [2.05, 4.69) is 20.0 Å². The monoisotopic (exact) mass is 218 g/mol. The lowest BCUT2D eigenvalue weighted by atomic mass is 10.2. The van der Waals surface area contributed by atoms with E-state index in [1.54, 1.807) is 0 Å². The predicted molar refractivity (Wildman–Crippen MR) is 59.2 cm³/mol. The van der Waals surface area contributed by atoms with E-state index < -0.39 is 9.04 Å². The van der Waals surface area contributed by atoms with Crippen molar-refractivity contribution in [2.75, 3.05) is 19.8 Å². The van der Waals surface area contributed by atoms with Crippen LogP contribution in [-0.4, -0.2) is 41.1 Å². The summed E-state index contributed by atoms with van der Waals surface area (Å²) in [5.74, 6) is 0. The third-order valence-electron chi connectivity index (χ3n) is 2.11. The maximum atomic E-state index is 5.75. The smallest absolute Gasteiger partial charge is 0.171 e. The summed E-state index contributed by atoms with van der Waals surface area (Å²) in [6, 6.07) is 0. The third kappa shape index (κ3) is 6.54. The first-order valence-electron chi connectivity index (χ1n) is 5.53. The Morgan fingerprint density at radius 3 is 2.79 bits per heavy atom. The minimum absolute atomic E-state index is 0.395. The van der Waals surface area contributed by atoms with Gasteiger partial charge in [0.2, 0.25) is 0 Å². The lowest BCUT2D eigenvalue weighted by Gasteiger charge is -2.15. The molecule has 1 heterocycles. The van der Waals surface area contributed by atoms with Crippen molar-refractivity contribution in [2.45, 2.75) is 45.1 Å². The maximum Gasteiger partial charge on any atom is 0.171 e. The van der Waals surface area contributed by atoms with Gasteiger partial charge in [0.25, 0.3) is 0 Å². The molecule has 0 N–H and O–H groups in total. The van der Waals surface area contributed by atoms with Gasteiger partial charge in [-0.25, -0.2) is 0 Å². The van der Waals surface area contributed by atoms with Crippen molar-refractivity contribution >= 4 is 9.04 Å². The fourth-order valence-corrected chi connectivity index (χ4v) is 2.45. The Morgan fingerprint density at radius 1 is 1.50 bits per heavy atom. The Morgan fingerprint density at radius 2 is 2.21 bits per heavy atom. The summed E-state index contributed by atoms with van der Waals surface area (Å²) in [6.07, 6.45) is 3.00. The minimum Gasteiger partial charge on any atom is -0.418 e. The van der Waals surface area contributed by atoms with Crippen molar-refractivity contribution in [1.82, 2.24) is 0 Å². The molecule has 0 aromatic carbocycles. The normalized spacial score (nSPS) is 22.7. The predicted octanol–water partition coefficient (Wildman–Crippen LogP) is 1.57. The SMILES string of the molecule is CC(CCCOCC1CO1)O[SiH](C)C. The lowest BCUT2D eigenvalue weighted by molar-refractivity contribution is 0.103. The molecule has 0 aromatic rings. The fourth-order valence-electron chi connectivity index (χ4n) is 1.38. The molecular formula is C10H22O3Si. The zero-order valence-corrected chi connectivity index (χ0v) is 10.6. The van der Waals surface area contributed by atoms with E-state index in [1.165, 1.54) is 0 Å². The van der Waals surface area contributed by atoms with Gasteiger partial charge in [0.15, 0.2) is 9.04 Å². The second kappa shape index (κ2) is 6.56. The van der Waals surface area contributed by atoms with Crippen LogP contribution in [0.15, 0.2) is 0 Å². The summed E-state index contributed by atoms with van der Waals surface area (Å²) < 4.78 is 16.2. The van der Waals surface area contributed by atoms with Crippen molar-refractivity contribution in [3.8, 4) is 0 Å². The highest BCUT2D eigenvalue weighted by molar-refractivity contribution is 6.48. The van der Waals surface area contributed by atoms with Gasteiger partial charge in [0.1, 0.15) is 6.10 Å². The van der Waals surface area contributed by atoms with Crippen LogP contribution in [0.5, 0.6) is 0 Å². The molecule has 0 saturated carbocycles. The van der Waals surface area contributed by atoms with Crippen LogP contribution in [0.1, 0.15) is 19.8 Å². The molecule has 1 aliphatic rings. The molecule has 0 aliphatic carbocycles. The number of epoxide rings is 1. The summed E-state index contributed by atoms with van der Waals surface area (Å²) in [5, 5.41) is 0. The molecule has 2 atom stereocenters. The summed E-state index contributed by atoms with van der Waals surface area (Å²) in [6.45, 7) is 9.06. The summed E-state index contributed by atoms with van der Waals surface area (Å²) >= 11 is 0. The second-order valence-corrected chi connectivity index (χ2v) is 6.54. The van der Waals surface area contributed by atoms with Gasteiger partial charge in [-0.1, -0.05) is 0 Å². The molecule has 1 rings (SSSR count). The third-order valence-corrected chi connectivity index (χ3v) is 3.12. The second-order valence-electron chi connectivity index (χ2n) is 4.17. The van der Waals surface area contributed by atoms with Crippen molar-refractivity contribution in [3.05, 3.63) is 0 Å². The van der Waals surface area contributed by atoms with Crippen LogP contribution >= 0.6 is 0 Å². The summed E-state index contributed by atoms with van der Waals surface area (Å²) in [4.78, 5) is 0. The van der Waals surface area contributed by atoms with Gasteiger partial charge >= 0.3 is 0 Å². The highest BCUT2D eigenvalue weighted by Gasteiger charge is 2.21. The number of hydrogen-bond donors (Lipinski definition) is 0. The summed E-state index contributed by atoms with van der Waals surface area (Å²) in [5.41, 5.74) is 0. The van der Waals surface area contributed by atoms with Crippen LogP contribution < -0.4 is 0 Å². The first kappa shape index (κ1) is 12.2. The van der Waals surface area contributed by atoms with Crippen LogP contribution in [0.4, 0.5) is 0 Å². The molecule has 4 heteroatoms. The van der Waals surface area contributed by atoms with Crippen molar-refractivity contribution in [3.63, 3.8) is 0 Å². The van der Waals surface area contributed by atoms with Gasteiger partial charge in [0, 0.05) is 12.7 Å². The number of rotatable bonds is 8. The van der Waals surface area contributed by atoms with E-state index in [0.29, 0.717) is 12.2 Å². The Labute approximate surface area is 88.5 Å². The van der Waals surface area contributed by atoms with Gasteiger partial charge in [-0.3, -0.25) is 0 Å². The van der Waals surface area contributed by atoms with Crippen LogP contribution in [0.2, 0.25) is 13.1 Å². The van der Waals surface area contributed by atoms with Gasteiger partial charge in [-0.05, 0) is 32.9 Å². The highest BCUT2D eigenvalue weighted by atomic mass is 28.3. The van der Waals surface area contributed by atoms with E-state index in [9.17, 15) is 0 Å². The first-order chi connectivity index (χ1) is 6.68. The fraction of sp³-hybridized carbons (Fsp3) is 1.00. The molecule has 1 saturated heterocycles. The average molecular weight is 218 g/mol.